The van der Waals surface area contributed by atoms with E-state index in [4.69, 9.17) is 5.73 Å². The fourth-order valence-corrected chi connectivity index (χ4v) is 3.03. The van der Waals surface area contributed by atoms with Gasteiger partial charge in [-0.25, -0.2) is 8.42 Å². The monoisotopic (exact) mass is 278 g/mol. The smallest absolute Gasteiger partial charge is 0.237 e. The number of nitrogens with two attached hydrogens (primary N) is 1. The first-order valence-corrected chi connectivity index (χ1v) is 8.18. The van der Waals surface area contributed by atoms with E-state index in [1.165, 1.54) is 4.90 Å². The molecule has 0 rings (SSSR count). The Kier molecular flexibility index (Phi) is 6.84. The summed E-state index contributed by atoms with van der Waals surface area (Å²) in [4.78, 5) is 13.3. The SMILES string of the molecule is CCN(CC)C(=O)CS(=O)(=O)CCC(C)(C)CN. The van der Waals surface area contributed by atoms with Gasteiger partial charge >= 0.3 is 0 Å². The number of nitrogens with zero attached hydrogens (tertiary/aromatic N) is 1. The molecule has 5 nitrogen and oxygen atoms in total. The van der Waals surface area contributed by atoms with E-state index in [0.29, 0.717) is 26.1 Å². The summed E-state index contributed by atoms with van der Waals surface area (Å²) in [5, 5.41) is 0. The molecule has 0 unspecified atom stereocenters. The quantitative estimate of drug-likeness (QED) is 0.706. The van der Waals surface area contributed by atoms with Gasteiger partial charge in [-0.05, 0) is 32.2 Å². The lowest BCUT2D eigenvalue weighted by molar-refractivity contribution is -0.128. The first kappa shape index (κ1) is 17.4. The summed E-state index contributed by atoms with van der Waals surface area (Å²) < 4.78 is 23.7. The third-order valence-electron chi connectivity index (χ3n) is 3.10. The molecule has 0 fully saturated rings. The van der Waals surface area contributed by atoms with E-state index in [0.717, 1.165) is 0 Å². The van der Waals surface area contributed by atoms with Gasteiger partial charge in [-0.1, -0.05) is 13.8 Å². The molecule has 0 radical (unpaired) electrons. The highest BCUT2D eigenvalue weighted by molar-refractivity contribution is 7.92. The van der Waals surface area contributed by atoms with Gasteiger partial charge in [0.1, 0.15) is 5.75 Å². The van der Waals surface area contributed by atoms with Gasteiger partial charge in [0.2, 0.25) is 5.91 Å². The molecule has 0 aliphatic rings. The van der Waals surface area contributed by atoms with Crippen LogP contribution in [0.3, 0.4) is 0 Å². The van der Waals surface area contributed by atoms with Crippen molar-refractivity contribution >= 4 is 15.7 Å². The van der Waals surface area contributed by atoms with E-state index >= 15 is 0 Å². The maximum absolute atomic E-state index is 11.9. The summed E-state index contributed by atoms with van der Waals surface area (Å²) in [5.41, 5.74) is 5.36. The van der Waals surface area contributed by atoms with Gasteiger partial charge in [-0.15, -0.1) is 0 Å². The molecule has 18 heavy (non-hydrogen) atoms. The minimum Gasteiger partial charge on any atom is -0.342 e. The fourth-order valence-electron chi connectivity index (χ4n) is 1.46. The third kappa shape index (κ3) is 6.35. The largest absolute Gasteiger partial charge is 0.342 e. The van der Waals surface area contributed by atoms with Crippen molar-refractivity contribution in [2.45, 2.75) is 34.1 Å². The van der Waals surface area contributed by atoms with Crippen molar-refractivity contribution < 1.29 is 13.2 Å². The maximum atomic E-state index is 11.9. The summed E-state index contributed by atoms with van der Waals surface area (Å²) in [6.45, 7) is 9.05. The van der Waals surface area contributed by atoms with E-state index in [9.17, 15) is 13.2 Å². The average molecular weight is 278 g/mol. The van der Waals surface area contributed by atoms with Crippen molar-refractivity contribution in [2.24, 2.45) is 11.1 Å². The average Bonchev–Trinajstić information content (AvgIpc) is 2.28. The highest BCUT2D eigenvalue weighted by Gasteiger charge is 2.24. The normalized spacial score (nSPS) is 12.5. The Morgan fingerprint density at radius 1 is 1.22 bits per heavy atom. The molecule has 0 aromatic heterocycles. The molecule has 108 valence electrons. The first-order valence-electron chi connectivity index (χ1n) is 6.35. The molecule has 0 aliphatic heterocycles. The zero-order chi connectivity index (χ0) is 14.4. The Bertz CT molecular complexity index is 360. The number of carbonyl (C=O) groups is 1. The van der Waals surface area contributed by atoms with Crippen LogP contribution in [-0.2, 0) is 14.6 Å². The zero-order valence-corrected chi connectivity index (χ0v) is 12.7. The summed E-state index contributed by atoms with van der Waals surface area (Å²) in [7, 11) is -3.34. The minimum absolute atomic E-state index is 0.0181. The molecular weight excluding hydrogens is 252 g/mol. The molecular formula is C12H26N2O3S. The molecule has 0 saturated carbocycles. The number of amides is 1. The number of rotatable bonds is 8. The van der Waals surface area contributed by atoms with Gasteiger partial charge in [0, 0.05) is 13.1 Å². The molecule has 0 aromatic rings. The van der Waals surface area contributed by atoms with Gasteiger partial charge in [0.15, 0.2) is 9.84 Å². The lowest BCUT2D eigenvalue weighted by Crippen LogP contribution is -2.36. The highest BCUT2D eigenvalue weighted by atomic mass is 32.2. The van der Waals surface area contributed by atoms with E-state index in [1.807, 2.05) is 27.7 Å². The summed E-state index contributed by atoms with van der Waals surface area (Å²) in [6.07, 6.45) is 0.483. The van der Waals surface area contributed by atoms with E-state index in [2.05, 4.69) is 0 Å². The topological polar surface area (TPSA) is 80.5 Å². The lowest BCUT2D eigenvalue weighted by Gasteiger charge is -2.22. The van der Waals surface area contributed by atoms with Crippen LogP contribution in [0.2, 0.25) is 0 Å². The van der Waals surface area contributed by atoms with Crippen LogP contribution in [0.5, 0.6) is 0 Å². The Hall–Kier alpha value is -0.620. The highest BCUT2D eigenvalue weighted by Crippen LogP contribution is 2.19. The molecule has 6 heteroatoms. The second-order valence-corrected chi connectivity index (χ2v) is 7.46. The van der Waals surface area contributed by atoms with Gasteiger partial charge < -0.3 is 10.6 Å². The van der Waals surface area contributed by atoms with E-state index in [-0.39, 0.29) is 17.1 Å². The summed E-state index contributed by atoms with van der Waals surface area (Å²) >= 11 is 0. The number of sulfone groups is 1. The standard InChI is InChI=1S/C12H26N2O3S/c1-5-14(6-2)11(15)9-18(16,17)8-7-12(3,4)10-13/h5-10,13H2,1-4H3. The number of hydrogen-bond donors (Lipinski definition) is 1. The predicted molar refractivity (Wildman–Crippen MR) is 74.0 cm³/mol. The second kappa shape index (κ2) is 7.09. The van der Waals surface area contributed by atoms with Gasteiger partial charge in [-0.2, -0.15) is 0 Å². The Morgan fingerprint density at radius 2 is 1.72 bits per heavy atom. The number of hydrogen-bond acceptors (Lipinski definition) is 4. The molecule has 0 bridgehead atoms. The van der Waals surface area contributed by atoms with Crippen molar-refractivity contribution in [2.75, 3.05) is 31.1 Å². The van der Waals surface area contributed by atoms with Crippen molar-refractivity contribution in [3.63, 3.8) is 0 Å². The van der Waals surface area contributed by atoms with Crippen LogP contribution in [0.1, 0.15) is 34.1 Å². The van der Waals surface area contributed by atoms with Crippen molar-refractivity contribution in [3.8, 4) is 0 Å². The van der Waals surface area contributed by atoms with Crippen LogP contribution in [0.25, 0.3) is 0 Å². The third-order valence-corrected chi connectivity index (χ3v) is 4.61. The van der Waals surface area contributed by atoms with Crippen molar-refractivity contribution in [1.82, 2.24) is 4.90 Å². The molecule has 0 aromatic carbocycles. The van der Waals surface area contributed by atoms with Crippen molar-refractivity contribution in [3.05, 3.63) is 0 Å². The summed E-state index contributed by atoms with van der Waals surface area (Å²) in [6, 6.07) is 0. The Morgan fingerprint density at radius 3 is 2.11 bits per heavy atom. The molecule has 2 N–H and O–H groups in total. The molecule has 0 atom stereocenters. The van der Waals surface area contributed by atoms with Crippen molar-refractivity contribution in [1.29, 1.82) is 0 Å². The Labute approximate surface area is 111 Å². The van der Waals surface area contributed by atoms with Crippen LogP contribution in [-0.4, -0.2) is 50.4 Å². The van der Waals surface area contributed by atoms with Gasteiger partial charge in [0.05, 0.1) is 5.75 Å². The first-order chi connectivity index (χ1) is 8.17. The molecule has 1 amide bonds. The molecule has 0 spiro atoms. The van der Waals surface area contributed by atoms with Gasteiger partial charge in [-0.3, -0.25) is 4.79 Å². The Balaban J connectivity index is 4.45. The van der Waals surface area contributed by atoms with Gasteiger partial charge in [0.25, 0.3) is 0 Å². The van der Waals surface area contributed by atoms with Crippen LogP contribution < -0.4 is 5.73 Å². The predicted octanol–water partition coefficient (Wildman–Crippen LogP) is 0.645. The number of carbonyl (C=O) groups excluding carboxylic acids is 1. The molecule has 0 heterocycles. The zero-order valence-electron chi connectivity index (χ0n) is 11.9. The van der Waals surface area contributed by atoms with Crippen LogP contribution in [0.15, 0.2) is 0 Å². The van der Waals surface area contributed by atoms with Crippen LogP contribution >= 0.6 is 0 Å². The summed E-state index contributed by atoms with van der Waals surface area (Å²) in [5.74, 6) is -0.690. The fraction of sp³-hybridized carbons (Fsp3) is 0.917. The van der Waals surface area contributed by atoms with E-state index in [1.54, 1.807) is 0 Å². The second-order valence-electron chi connectivity index (χ2n) is 5.28. The molecule has 0 saturated heterocycles. The molecule has 0 aliphatic carbocycles. The minimum atomic E-state index is -3.34. The van der Waals surface area contributed by atoms with Crippen LogP contribution in [0, 0.1) is 5.41 Å². The maximum Gasteiger partial charge on any atom is 0.237 e. The van der Waals surface area contributed by atoms with Crippen LogP contribution in [0.4, 0.5) is 0 Å². The van der Waals surface area contributed by atoms with E-state index < -0.39 is 15.6 Å². The lowest BCUT2D eigenvalue weighted by atomic mass is 9.91.